The van der Waals surface area contributed by atoms with Crippen LogP contribution in [0.1, 0.15) is 40.3 Å². The van der Waals surface area contributed by atoms with Crippen molar-refractivity contribution < 1.29 is 19.4 Å². The summed E-state index contributed by atoms with van der Waals surface area (Å²) in [4.78, 5) is 32.2. The predicted molar refractivity (Wildman–Crippen MR) is 109 cm³/mol. The molecule has 0 aliphatic carbocycles. The Balaban J connectivity index is 1.85. The van der Waals surface area contributed by atoms with E-state index in [0.717, 1.165) is 0 Å². The number of nitrogens with two attached hydrogens (primary N) is 1. The number of fused-ring (bicyclic) bond motifs is 1. The van der Waals surface area contributed by atoms with E-state index in [-0.39, 0.29) is 23.8 Å². The molecule has 0 aliphatic heterocycles. The summed E-state index contributed by atoms with van der Waals surface area (Å²) in [6.45, 7) is 5.39. The number of amides is 1. The highest BCUT2D eigenvalue weighted by molar-refractivity contribution is 6.06. The van der Waals surface area contributed by atoms with Crippen LogP contribution in [-0.2, 0) is 0 Å². The Labute approximate surface area is 167 Å². The van der Waals surface area contributed by atoms with E-state index in [9.17, 15) is 14.7 Å². The number of aromatic carboxylic acids is 1. The number of ether oxygens (including phenoxy) is 1. The van der Waals surface area contributed by atoms with Gasteiger partial charge in [-0.25, -0.2) is 4.79 Å². The number of aromatic nitrogens is 2. The van der Waals surface area contributed by atoms with Gasteiger partial charge in [0.2, 0.25) is 0 Å². The number of carboxylic acid groups (broad SMARTS) is 1. The summed E-state index contributed by atoms with van der Waals surface area (Å²) in [7, 11) is 0. The number of anilines is 1. The lowest BCUT2D eigenvalue weighted by atomic mass is 10.0. The van der Waals surface area contributed by atoms with E-state index >= 15 is 0 Å². The molecule has 1 aromatic carbocycles. The van der Waals surface area contributed by atoms with Crippen molar-refractivity contribution in [2.24, 2.45) is 0 Å². The first-order valence-corrected chi connectivity index (χ1v) is 8.97. The molecule has 8 heteroatoms. The molecule has 2 heterocycles. The van der Waals surface area contributed by atoms with Crippen molar-refractivity contribution in [3.05, 3.63) is 59.5 Å². The maximum absolute atomic E-state index is 12.4. The van der Waals surface area contributed by atoms with Gasteiger partial charge in [-0.1, -0.05) is 6.07 Å². The molecule has 8 nitrogen and oxygen atoms in total. The van der Waals surface area contributed by atoms with Crippen molar-refractivity contribution in [3.8, 4) is 5.75 Å². The average Bonchev–Trinajstić information content (AvgIpc) is 2.66. The average molecular weight is 394 g/mol. The number of nitrogens with one attached hydrogen (secondary N) is 1. The van der Waals surface area contributed by atoms with Gasteiger partial charge in [-0.15, -0.1) is 0 Å². The quantitative estimate of drug-likeness (QED) is 0.586. The zero-order valence-corrected chi connectivity index (χ0v) is 16.4. The summed E-state index contributed by atoms with van der Waals surface area (Å²) in [5.41, 5.74) is 6.87. The Morgan fingerprint density at radius 2 is 1.90 bits per heavy atom. The number of nitrogen functional groups attached to an aromatic ring is 1. The van der Waals surface area contributed by atoms with E-state index < -0.39 is 11.5 Å². The lowest BCUT2D eigenvalue weighted by Gasteiger charge is -2.27. The second-order valence-electron chi connectivity index (χ2n) is 7.30. The Kier molecular flexibility index (Phi) is 5.36. The Morgan fingerprint density at radius 3 is 2.55 bits per heavy atom. The molecule has 150 valence electrons. The lowest BCUT2D eigenvalue weighted by molar-refractivity contribution is 0.0696. The van der Waals surface area contributed by atoms with Crippen LogP contribution >= 0.6 is 0 Å². The first kappa shape index (κ1) is 20.1. The number of carboxylic acids is 1. The number of aryl methyl sites for hydroxylation is 1. The molecule has 29 heavy (non-hydrogen) atoms. The van der Waals surface area contributed by atoms with Gasteiger partial charge in [-0.05, 0) is 45.0 Å². The molecule has 0 aliphatic rings. The molecule has 1 amide bonds. The van der Waals surface area contributed by atoms with Crippen LogP contribution < -0.4 is 15.8 Å². The topological polar surface area (TPSA) is 127 Å². The molecule has 4 N–H and O–H groups in total. The maximum Gasteiger partial charge on any atom is 0.339 e. The minimum Gasteiger partial charge on any atom is -0.490 e. The smallest absolute Gasteiger partial charge is 0.339 e. The summed E-state index contributed by atoms with van der Waals surface area (Å²) in [5, 5.41) is 12.8. The van der Waals surface area contributed by atoms with Crippen molar-refractivity contribution in [2.45, 2.75) is 26.3 Å². The molecule has 3 aromatic rings. The van der Waals surface area contributed by atoms with Crippen molar-refractivity contribution in [2.75, 3.05) is 12.3 Å². The fourth-order valence-electron chi connectivity index (χ4n) is 3.01. The molecule has 0 unspecified atom stereocenters. The zero-order chi connectivity index (χ0) is 21.2. The summed E-state index contributed by atoms with van der Waals surface area (Å²) in [6.07, 6.45) is 3.10. The summed E-state index contributed by atoms with van der Waals surface area (Å²) in [6, 6.07) is 8.44. The zero-order valence-electron chi connectivity index (χ0n) is 16.4. The largest absolute Gasteiger partial charge is 0.490 e. The number of hydrogen-bond donors (Lipinski definition) is 3. The van der Waals surface area contributed by atoms with Gasteiger partial charge in [0.15, 0.2) is 0 Å². The molecular weight excluding hydrogens is 372 g/mol. The standard InChI is InChI=1S/C21H22N4O4/c1-12-16(20(27)28)18(22)17-14(24-12)5-4-6-15(17)29-11-21(2,3)25-19(26)13-7-9-23-10-8-13/h4-10H,11H2,1-3H3,(H2,22,24)(H,25,26)(H,27,28). The molecule has 0 atom stereocenters. The normalized spacial score (nSPS) is 11.3. The van der Waals surface area contributed by atoms with Crippen LogP contribution in [0.3, 0.4) is 0 Å². The maximum atomic E-state index is 12.4. The van der Waals surface area contributed by atoms with Gasteiger partial charge in [0.25, 0.3) is 5.91 Å². The van der Waals surface area contributed by atoms with E-state index in [1.807, 2.05) is 13.8 Å². The minimum atomic E-state index is -1.14. The van der Waals surface area contributed by atoms with Crippen molar-refractivity contribution in [1.82, 2.24) is 15.3 Å². The third-order valence-electron chi connectivity index (χ3n) is 4.39. The molecule has 0 radical (unpaired) electrons. The Morgan fingerprint density at radius 1 is 1.21 bits per heavy atom. The Bertz CT molecular complexity index is 1080. The van der Waals surface area contributed by atoms with Crippen LogP contribution in [0, 0.1) is 6.92 Å². The van der Waals surface area contributed by atoms with Gasteiger partial charge in [0.05, 0.1) is 27.8 Å². The summed E-state index contributed by atoms with van der Waals surface area (Å²) >= 11 is 0. The van der Waals surface area contributed by atoms with Gasteiger partial charge in [0.1, 0.15) is 17.9 Å². The number of benzene rings is 1. The third kappa shape index (κ3) is 4.26. The highest BCUT2D eigenvalue weighted by Crippen LogP contribution is 2.33. The lowest BCUT2D eigenvalue weighted by Crippen LogP contribution is -2.47. The van der Waals surface area contributed by atoms with Crippen LogP contribution in [0.5, 0.6) is 5.75 Å². The van der Waals surface area contributed by atoms with Gasteiger partial charge in [-0.2, -0.15) is 0 Å². The Hall–Kier alpha value is -3.68. The third-order valence-corrected chi connectivity index (χ3v) is 4.39. The van der Waals surface area contributed by atoms with Gasteiger partial charge < -0.3 is 20.9 Å². The number of carbonyl (C=O) groups is 2. The highest BCUT2D eigenvalue weighted by Gasteiger charge is 2.24. The van der Waals surface area contributed by atoms with Gasteiger partial charge in [0, 0.05) is 18.0 Å². The van der Waals surface area contributed by atoms with Crippen molar-refractivity contribution in [1.29, 1.82) is 0 Å². The van der Waals surface area contributed by atoms with Gasteiger partial charge in [-0.3, -0.25) is 14.8 Å². The number of hydrogen-bond acceptors (Lipinski definition) is 6. The molecule has 0 fully saturated rings. The fraction of sp³-hybridized carbons (Fsp3) is 0.238. The van der Waals surface area contributed by atoms with Crippen LogP contribution in [0.4, 0.5) is 5.69 Å². The number of nitrogens with zero attached hydrogens (tertiary/aromatic N) is 2. The number of rotatable bonds is 6. The molecule has 0 bridgehead atoms. The summed E-state index contributed by atoms with van der Waals surface area (Å²) in [5.74, 6) is -0.987. The molecule has 0 saturated carbocycles. The van der Waals surface area contributed by atoms with Crippen molar-refractivity contribution in [3.63, 3.8) is 0 Å². The second-order valence-corrected chi connectivity index (χ2v) is 7.30. The molecule has 0 spiro atoms. The van der Waals surface area contributed by atoms with Gasteiger partial charge >= 0.3 is 5.97 Å². The summed E-state index contributed by atoms with van der Waals surface area (Å²) < 4.78 is 5.94. The minimum absolute atomic E-state index is 0.0428. The monoisotopic (exact) mass is 394 g/mol. The molecule has 2 aromatic heterocycles. The first-order chi connectivity index (χ1) is 13.7. The fourth-order valence-corrected chi connectivity index (χ4v) is 3.01. The van der Waals surface area contributed by atoms with E-state index in [2.05, 4.69) is 15.3 Å². The van der Waals surface area contributed by atoms with Crippen molar-refractivity contribution >= 4 is 28.5 Å². The van der Waals surface area contributed by atoms with Crippen LogP contribution in [0.2, 0.25) is 0 Å². The van der Waals surface area contributed by atoms with E-state index in [4.69, 9.17) is 10.5 Å². The molecule has 3 rings (SSSR count). The van der Waals surface area contributed by atoms with E-state index in [0.29, 0.717) is 27.9 Å². The SMILES string of the molecule is Cc1nc2cccc(OCC(C)(C)NC(=O)c3ccncc3)c2c(N)c1C(=O)O. The van der Waals surface area contributed by atoms with E-state index in [1.165, 1.54) is 0 Å². The highest BCUT2D eigenvalue weighted by atomic mass is 16.5. The number of pyridine rings is 2. The van der Waals surface area contributed by atoms with Crippen LogP contribution in [0.15, 0.2) is 42.7 Å². The predicted octanol–water partition coefficient (Wildman–Crippen LogP) is 2.81. The van der Waals surface area contributed by atoms with E-state index in [1.54, 1.807) is 49.6 Å². The molecular formula is C21H22N4O4. The first-order valence-electron chi connectivity index (χ1n) is 8.97. The number of carbonyl (C=O) groups excluding carboxylic acids is 1. The second kappa shape index (κ2) is 7.75. The van der Waals surface area contributed by atoms with Crippen LogP contribution in [-0.4, -0.2) is 39.1 Å². The molecule has 0 saturated heterocycles. The van der Waals surface area contributed by atoms with Crippen LogP contribution in [0.25, 0.3) is 10.9 Å².